The van der Waals surface area contributed by atoms with Crippen molar-refractivity contribution in [2.75, 3.05) is 0 Å². The Bertz CT molecular complexity index is 502. The minimum absolute atomic E-state index is 0.0490. The van der Waals surface area contributed by atoms with Crippen molar-refractivity contribution >= 4 is 37.0 Å². The zero-order valence-electron chi connectivity index (χ0n) is 8.73. The molecule has 0 radical (unpaired) electrons. The maximum absolute atomic E-state index is 11.1. The van der Waals surface area contributed by atoms with Gasteiger partial charge in [-0.05, 0) is 24.0 Å². The summed E-state index contributed by atoms with van der Waals surface area (Å²) in [7, 11) is 1.33. The van der Waals surface area contributed by atoms with Gasteiger partial charge in [0, 0.05) is 10.7 Å². The second-order valence-electron chi connectivity index (χ2n) is 3.76. The monoisotopic (exact) mass is 282 g/mol. The van der Waals surface area contributed by atoms with E-state index in [1.165, 1.54) is 6.07 Å². The predicted octanol–water partition coefficient (Wildman–Crippen LogP) is 2.57. The van der Waals surface area contributed by atoms with Crippen molar-refractivity contribution in [3.05, 3.63) is 16.5 Å². The Kier molecular flexibility index (Phi) is 3.98. The van der Waals surface area contributed by atoms with Crippen LogP contribution in [0.3, 0.4) is 0 Å². The fourth-order valence-electron chi connectivity index (χ4n) is 1.30. The highest BCUT2D eigenvalue weighted by atomic mass is 35.7. The second kappa shape index (κ2) is 4.73. The van der Waals surface area contributed by atoms with E-state index in [0.717, 1.165) is 0 Å². The van der Waals surface area contributed by atoms with Gasteiger partial charge in [0.25, 0.3) is 9.05 Å². The average molecular weight is 283 g/mol. The van der Waals surface area contributed by atoms with E-state index in [9.17, 15) is 13.2 Å². The lowest BCUT2D eigenvalue weighted by atomic mass is 10.0. The molecule has 1 rings (SSSR count). The molecule has 1 N–H and O–H groups in total. The number of carboxylic acids is 1. The van der Waals surface area contributed by atoms with Crippen LogP contribution in [0.5, 0.6) is 0 Å². The maximum Gasteiger partial charge on any atom is 0.346 e. The number of rotatable bonds is 4. The molecule has 0 unspecified atom stereocenters. The largest absolute Gasteiger partial charge is 0.477 e. The number of halogens is 1. The van der Waals surface area contributed by atoms with Crippen molar-refractivity contribution in [2.24, 2.45) is 5.92 Å². The molecule has 1 heterocycles. The van der Waals surface area contributed by atoms with Crippen LogP contribution in [0, 0.1) is 5.92 Å². The topological polar surface area (TPSA) is 71.4 Å². The molecule has 90 valence electrons. The van der Waals surface area contributed by atoms with Gasteiger partial charge in [0.1, 0.15) is 9.09 Å². The Morgan fingerprint density at radius 2 is 2.12 bits per heavy atom. The van der Waals surface area contributed by atoms with Crippen LogP contribution in [0.15, 0.2) is 10.3 Å². The lowest BCUT2D eigenvalue weighted by Gasteiger charge is -2.02. The average Bonchev–Trinajstić information content (AvgIpc) is 2.45. The van der Waals surface area contributed by atoms with Crippen molar-refractivity contribution in [1.82, 2.24) is 0 Å². The molecule has 0 aliphatic carbocycles. The standard InChI is InChI=1S/C9H11ClO4S2/c1-5(2)3-6-4-7(16(10,13)14)15-8(6)9(11)12/h4-5H,3H2,1-2H3,(H,11,12). The van der Waals surface area contributed by atoms with Crippen LogP contribution in [0.2, 0.25) is 0 Å². The third kappa shape index (κ3) is 3.20. The molecule has 0 saturated heterocycles. The number of carbonyl (C=O) groups is 1. The molecule has 1 aromatic rings. The zero-order chi connectivity index (χ0) is 12.5. The third-order valence-corrected chi connectivity index (χ3v) is 5.09. The third-order valence-electron chi connectivity index (χ3n) is 1.85. The molecule has 4 nitrogen and oxygen atoms in total. The van der Waals surface area contributed by atoms with Crippen molar-refractivity contribution in [1.29, 1.82) is 0 Å². The van der Waals surface area contributed by atoms with E-state index in [0.29, 0.717) is 23.3 Å². The summed E-state index contributed by atoms with van der Waals surface area (Å²) in [6, 6.07) is 1.34. The Balaban J connectivity index is 3.26. The number of aromatic carboxylic acids is 1. The second-order valence-corrected chi connectivity index (χ2v) is 7.61. The number of carboxylic acid groups (broad SMARTS) is 1. The summed E-state index contributed by atoms with van der Waals surface area (Å²) in [5.74, 6) is -0.870. The number of hydrogen-bond donors (Lipinski definition) is 1. The molecule has 0 spiro atoms. The fourth-order valence-corrected chi connectivity index (χ4v) is 3.41. The highest BCUT2D eigenvalue weighted by molar-refractivity contribution is 8.15. The summed E-state index contributed by atoms with van der Waals surface area (Å²) in [5, 5.41) is 8.93. The first-order chi connectivity index (χ1) is 7.21. The highest BCUT2D eigenvalue weighted by Gasteiger charge is 2.21. The molecular formula is C9H11ClO4S2. The molecule has 7 heteroatoms. The van der Waals surface area contributed by atoms with Crippen LogP contribution >= 0.6 is 22.0 Å². The van der Waals surface area contributed by atoms with Gasteiger partial charge in [-0.25, -0.2) is 13.2 Å². The Hall–Kier alpha value is -0.590. The molecule has 0 aliphatic rings. The van der Waals surface area contributed by atoms with Crippen molar-refractivity contribution in [3.8, 4) is 0 Å². The summed E-state index contributed by atoms with van der Waals surface area (Å²) in [6.45, 7) is 3.86. The Labute approximate surface area is 102 Å². The molecule has 0 aromatic carbocycles. The van der Waals surface area contributed by atoms with Gasteiger partial charge in [0.15, 0.2) is 0 Å². The van der Waals surface area contributed by atoms with E-state index in [1.807, 2.05) is 13.8 Å². The fraction of sp³-hybridized carbons (Fsp3) is 0.444. The van der Waals surface area contributed by atoms with E-state index >= 15 is 0 Å². The van der Waals surface area contributed by atoms with E-state index < -0.39 is 15.0 Å². The summed E-state index contributed by atoms with van der Waals surface area (Å²) in [4.78, 5) is 11.0. The van der Waals surface area contributed by atoms with Crippen LogP contribution in [0.1, 0.15) is 29.1 Å². The highest BCUT2D eigenvalue weighted by Crippen LogP contribution is 2.30. The van der Waals surface area contributed by atoms with Gasteiger partial charge >= 0.3 is 5.97 Å². The van der Waals surface area contributed by atoms with Crippen LogP contribution in [0.25, 0.3) is 0 Å². The molecule has 0 amide bonds. The van der Waals surface area contributed by atoms with Crippen molar-refractivity contribution in [2.45, 2.75) is 24.5 Å². The number of hydrogen-bond acceptors (Lipinski definition) is 4. The molecule has 0 atom stereocenters. The molecule has 1 aromatic heterocycles. The zero-order valence-corrected chi connectivity index (χ0v) is 11.1. The molecule has 0 saturated carbocycles. The SMILES string of the molecule is CC(C)Cc1cc(S(=O)(=O)Cl)sc1C(=O)O. The van der Waals surface area contributed by atoms with Crippen LogP contribution < -0.4 is 0 Å². The minimum atomic E-state index is -3.85. The quantitative estimate of drug-likeness (QED) is 0.862. The molecule has 0 aliphatic heterocycles. The molecule has 16 heavy (non-hydrogen) atoms. The first kappa shape index (κ1) is 13.5. The molecular weight excluding hydrogens is 272 g/mol. The minimum Gasteiger partial charge on any atom is -0.477 e. The van der Waals surface area contributed by atoms with E-state index in [4.69, 9.17) is 15.8 Å². The van der Waals surface area contributed by atoms with Gasteiger partial charge in [0.2, 0.25) is 0 Å². The normalized spacial score (nSPS) is 12.0. The summed E-state index contributed by atoms with van der Waals surface area (Å²) in [5.41, 5.74) is 0.520. The summed E-state index contributed by atoms with van der Waals surface area (Å²) in [6.07, 6.45) is 0.518. The van der Waals surface area contributed by atoms with Crippen LogP contribution in [0.4, 0.5) is 0 Å². The summed E-state index contributed by atoms with van der Waals surface area (Å²) < 4.78 is 22.1. The van der Waals surface area contributed by atoms with Gasteiger partial charge < -0.3 is 5.11 Å². The predicted molar refractivity (Wildman–Crippen MR) is 62.9 cm³/mol. The Morgan fingerprint density at radius 1 is 1.56 bits per heavy atom. The maximum atomic E-state index is 11.1. The lowest BCUT2D eigenvalue weighted by Crippen LogP contribution is -2.00. The number of thiophene rings is 1. The lowest BCUT2D eigenvalue weighted by molar-refractivity contribution is 0.0701. The van der Waals surface area contributed by atoms with Crippen molar-refractivity contribution in [3.63, 3.8) is 0 Å². The first-order valence-electron chi connectivity index (χ1n) is 4.52. The van der Waals surface area contributed by atoms with Gasteiger partial charge in [-0.15, -0.1) is 11.3 Å². The smallest absolute Gasteiger partial charge is 0.346 e. The van der Waals surface area contributed by atoms with Crippen LogP contribution in [-0.4, -0.2) is 19.5 Å². The molecule has 0 bridgehead atoms. The first-order valence-corrected chi connectivity index (χ1v) is 7.65. The summed E-state index contributed by atoms with van der Waals surface area (Å²) >= 11 is 0.697. The van der Waals surface area contributed by atoms with Gasteiger partial charge in [0.05, 0.1) is 0 Å². The van der Waals surface area contributed by atoms with Gasteiger partial charge in [-0.3, -0.25) is 0 Å². The van der Waals surface area contributed by atoms with Crippen LogP contribution in [-0.2, 0) is 15.5 Å². The van der Waals surface area contributed by atoms with Gasteiger partial charge in [-0.2, -0.15) is 0 Å². The van der Waals surface area contributed by atoms with E-state index in [2.05, 4.69) is 0 Å². The van der Waals surface area contributed by atoms with Crippen molar-refractivity contribution < 1.29 is 18.3 Å². The van der Waals surface area contributed by atoms with E-state index in [1.54, 1.807) is 0 Å². The molecule has 0 fully saturated rings. The Morgan fingerprint density at radius 3 is 2.50 bits per heavy atom. The van der Waals surface area contributed by atoms with Gasteiger partial charge in [-0.1, -0.05) is 13.8 Å². The van der Waals surface area contributed by atoms with E-state index in [-0.39, 0.29) is 15.0 Å².